The van der Waals surface area contributed by atoms with Crippen molar-refractivity contribution in [2.45, 2.75) is 76.5 Å². The van der Waals surface area contributed by atoms with Gasteiger partial charge in [-0.2, -0.15) is 0 Å². The first-order chi connectivity index (χ1) is 15.6. The molecule has 3 aliphatic heterocycles. The molecule has 0 aromatic rings. The Morgan fingerprint density at radius 3 is 2.52 bits per heavy atom. The normalized spacial score (nSPS) is 32.9. The van der Waals surface area contributed by atoms with E-state index in [0.717, 1.165) is 52.0 Å². The van der Waals surface area contributed by atoms with Crippen molar-refractivity contribution in [2.24, 2.45) is 11.8 Å². The first-order valence-electron chi connectivity index (χ1n) is 12.4. The highest BCUT2D eigenvalue weighted by atomic mass is 16.6. The molecule has 4 atom stereocenters. The fourth-order valence-corrected chi connectivity index (χ4v) is 5.79. The lowest BCUT2D eigenvalue weighted by molar-refractivity contribution is -0.175. The van der Waals surface area contributed by atoms with Gasteiger partial charge in [-0.15, -0.1) is 0 Å². The Kier molecular flexibility index (Phi) is 7.41. The van der Waals surface area contributed by atoms with Crippen LogP contribution in [0.25, 0.3) is 0 Å². The molecule has 8 nitrogen and oxygen atoms in total. The van der Waals surface area contributed by atoms with Crippen LogP contribution in [0, 0.1) is 11.8 Å². The number of methoxy groups -OCH3 is 1. The van der Waals surface area contributed by atoms with E-state index < -0.39 is 5.60 Å². The molecule has 8 heteroatoms. The fourth-order valence-electron chi connectivity index (χ4n) is 5.79. The van der Waals surface area contributed by atoms with Gasteiger partial charge >= 0.3 is 6.09 Å². The van der Waals surface area contributed by atoms with Crippen LogP contribution in [-0.2, 0) is 18.9 Å². The van der Waals surface area contributed by atoms with Gasteiger partial charge in [0.2, 0.25) is 0 Å². The van der Waals surface area contributed by atoms with E-state index in [9.17, 15) is 9.90 Å². The highest BCUT2D eigenvalue weighted by molar-refractivity contribution is 5.69. The van der Waals surface area contributed by atoms with Crippen LogP contribution in [0.2, 0.25) is 0 Å². The second-order valence-electron chi connectivity index (χ2n) is 11.2. The van der Waals surface area contributed by atoms with Gasteiger partial charge in [0, 0.05) is 39.2 Å². The molecule has 4 aliphatic rings. The van der Waals surface area contributed by atoms with Crippen molar-refractivity contribution in [3.8, 4) is 0 Å². The lowest BCUT2D eigenvalue weighted by atomic mass is 9.68. The molecule has 0 aromatic heterocycles. The first kappa shape index (κ1) is 24.9. The van der Waals surface area contributed by atoms with E-state index in [1.807, 2.05) is 0 Å². The Bertz CT molecular complexity index is 720. The molecule has 0 radical (unpaired) electrons. The Labute approximate surface area is 198 Å². The van der Waals surface area contributed by atoms with E-state index in [-0.39, 0.29) is 35.9 Å². The summed E-state index contributed by atoms with van der Waals surface area (Å²) in [5.74, 6) is 0.487. The number of aliphatic hydroxyl groups is 1. The third kappa shape index (κ3) is 5.56. The number of epoxide rings is 1. The number of carbonyl (C=O) groups is 1. The summed E-state index contributed by atoms with van der Waals surface area (Å²) in [6, 6.07) is 0. The molecule has 33 heavy (non-hydrogen) atoms. The third-order valence-corrected chi connectivity index (χ3v) is 7.86. The number of rotatable bonds is 9. The van der Waals surface area contributed by atoms with Crippen LogP contribution in [-0.4, -0.2) is 104 Å². The first-order valence-corrected chi connectivity index (χ1v) is 12.4. The maximum atomic E-state index is 12.9. The zero-order valence-electron chi connectivity index (χ0n) is 20.9. The number of aliphatic hydroxyl groups excluding tert-OH is 1. The molecule has 1 amide bonds. The van der Waals surface area contributed by atoms with Crippen LogP contribution in [0.3, 0.4) is 0 Å². The predicted molar refractivity (Wildman–Crippen MR) is 124 cm³/mol. The zero-order chi connectivity index (χ0) is 23.8. The molecule has 0 unspecified atom stereocenters. The molecule has 4 rings (SSSR count). The molecule has 3 saturated heterocycles. The smallest absolute Gasteiger partial charge is 0.410 e. The highest BCUT2D eigenvalue weighted by Gasteiger charge is 2.64. The van der Waals surface area contributed by atoms with Gasteiger partial charge in [0.05, 0.1) is 30.5 Å². The van der Waals surface area contributed by atoms with Crippen molar-refractivity contribution < 1.29 is 28.8 Å². The summed E-state index contributed by atoms with van der Waals surface area (Å²) in [6.07, 6.45) is 3.72. The number of amides is 1. The third-order valence-electron chi connectivity index (χ3n) is 7.86. The van der Waals surface area contributed by atoms with E-state index >= 15 is 0 Å². The quantitative estimate of drug-likeness (QED) is 0.413. The van der Waals surface area contributed by atoms with Gasteiger partial charge in [-0.05, 0) is 59.4 Å². The van der Waals surface area contributed by atoms with Gasteiger partial charge in [0.15, 0.2) is 0 Å². The van der Waals surface area contributed by atoms with E-state index in [1.54, 1.807) is 12.0 Å². The molecule has 1 aliphatic carbocycles. The molecule has 1 saturated carbocycles. The molecular formula is C25H42N2O6. The second-order valence-corrected chi connectivity index (χ2v) is 11.2. The summed E-state index contributed by atoms with van der Waals surface area (Å²) >= 11 is 0. The van der Waals surface area contributed by atoms with Crippen LogP contribution in [0.1, 0.15) is 47.0 Å². The summed E-state index contributed by atoms with van der Waals surface area (Å²) in [6.45, 7) is 13.6. The van der Waals surface area contributed by atoms with Gasteiger partial charge in [-0.25, -0.2) is 4.79 Å². The number of allylic oxidation sites excluding steroid dienone is 1. The Hall–Kier alpha value is -1.19. The standard InChI is InChI=1S/C25H42N2O6/c1-17(2)8-11-31-24(3,4)22-21(30-5)20(6-9-25(22)16-32-25)33-23(29)27-12-18(13-27)7-10-26-14-19(28)15-26/h8,18-22,28H,6-7,9-16H2,1-5H3/t20-,21-,22-,25+/m1/s1. The minimum atomic E-state index is -0.486. The number of ether oxygens (including phenoxy) is 4. The maximum Gasteiger partial charge on any atom is 0.410 e. The second kappa shape index (κ2) is 9.82. The number of hydrogen-bond acceptors (Lipinski definition) is 7. The van der Waals surface area contributed by atoms with Gasteiger partial charge in [0.1, 0.15) is 12.2 Å². The monoisotopic (exact) mass is 466 g/mol. The highest BCUT2D eigenvalue weighted by Crippen LogP contribution is 2.52. The molecule has 0 bridgehead atoms. The largest absolute Gasteiger partial charge is 0.443 e. The summed E-state index contributed by atoms with van der Waals surface area (Å²) in [5.41, 5.74) is 0.488. The number of nitrogens with zero attached hydrogens (tertiary/aromatic N) is 2. The van der Waals surface area contributed by atoms with Crippen molar-refractivity contribution in [2.75, 3.05) is 53.0 Å². The molecule has 1 N–H and O–H groups in total. The Morgan fingerprint density at radius 2 is 1.94 bits per heavy atom. The van der Waals surface area contributed by atoms with E-state index in [2.05, 4.69) is 38.7 Å². The molecule has 3 heterocycles. The van der Waals surface area contributed by atoms with E-state index in [1.165, 1.54) is 5.57 Å². The predicted octanol–water partition coefficient (Wildman–Crippen LogP) is 2.45. The van der Waals surface area contributed by atoms with Crippen molar-refractivity contribution in [1.82, 2.24) is 9.80 Å². The van der Waals surface area contributed by atoms with Crippen molar-refractivity contribution in [1.29, 1.82) is 0 Å². The van der Waals surface area contributed by atoms with Crippen molar-refractivity contribution >= 4 is 6.09 Å². The minimum absolute atomic E-state index is 0.0249. The lowest BCUT2D eigenvalue weighted by Crippen LogP contribution is -2.60. The van der Waals surface area contributed by atoms with Crippen molar-refractivity contribution in [3.63, 3.8) is 0 Å². The van der Waals surface area contributed by atoms with Crippen LogP contribution >= 0.6 is 0 Å². The number of hydrogen-bond donors (Lipinski definition) is 1. The molecule has 1 spiro atoms. The Morgan fingerprint density at radius 1 is 1.24 bits per heavy atom. The minimum Gasteiger partial charge on any atom is -0.443 e. The van der Waals surface area contributed by atoms with Gasteiger partial charge in [-0.3, -0.25) is 4.90 Å². The molecule has 0 aromatic carbocycles. The van der Waals surface area contributed by atoms with Gasteiger partial charge < -0.3 is 29.0 Å². The summed E-state index contributed by atoms with van der Waals surface area (Å²) < 4.78 is 24.2. The SMILES string of the molecule is CO[C@H]1[C@H](C(C)(C)OCC=C(C)C)[C@]2(CC[C@H]1OC(=O)N1CC(CCN3CC(O)C3)C1)CO2. The average molecular weight is 467 g/mol. The lowest BCUT2D eigenvalue weighted by Gasteiger charge is -2.48. The summed E-state index contributed by atoms with van der Waals surface area (Å²) in [7, 11) is 1.69. The number of carbonyl (C=O) groups excluding carboxylic acids is 1. The maximum absolute atomic E-state index is 12.9. The van der Waals surface area contributed by atoms with Gasteiger partial charge in [-0.1, -0.05) is 11.6 Å². The van der Waals surface area contributed by atoms with Crippen LogP contribution in [0.15, 0.2) is 11.6 Å². The summed E-state index contributed by atoms with van der Waals surface area (Å²) in [4.78, 5) is 16.9. The zero-order valence-corrected chi connectivity index (χ0v) is 20.9. The Balaban J connectivity index is 1.30. The topological polar surface area (TPSA) is 84.0 Å². The van der Waals surface area contributed by atoms with Crippen LogP contribution in [0.5, 0.6) is 0 Å². The fraction of sp³-hybridized carbons (Fsp3) is 0.880. The number of β-amino-alcohol motifs (C(OH)–C–C–N with tert-alkyl or cyclic N) is 1. The average Bonchev–Trinajstić information content (AvgIpc) is 3.45. The molecule has 188 valence electrons. The van der Waals surface area contributed by atoms with E-state index in [0.29, 0.717) is 19.1 Å². The van der Waals surface area contributed by atoms with Crippen LogP contribution in [0.4, 0.5) is 4.79 Å². The number of likely N-dealkylation sites (tertiary alicyclic amines) is 2. The van der Waals surface area contributed by atoms with E-state index in [4.69, 9.17) is 18.9 Å². The van der Waals surface area contributed by atoms with Crippen molar-refractivity contribution in [3.05, 3.63) is 11.6 Å². The van der Waals surface area contributed by atoms with Gasteiger partial charge in [0.25, 0.3) is 0 Å². The molecule has 4 fully saturated rings. The van der Waals surface area contributed by atoms with Crippen LogP contribution < -0.4 is 0 Å². The summed E-state index contributed by atoms with van der Waals surface area (Å²) in [5, 5.41) is 9.40. The molecular weight excluding hydrogens is 424 g/mol.